The van der Waals surface area contributed by atoms with Gasteiger partial charge in [-0.1, -0.05) is 6.58 Å². The van der Waals surface area contributed by atoms with Crippen molar-refractivity contribution >= 4 is 22.4 Å². The van der Waals surface area contributed by atoms with Crippen molar-refractivity contribution in [3.05, 3.63) is 23.7 Å². The second-order valence-electron chi connectivity index (χ2n) is 3.66. The van der Waals surface area contributed by atoms with Crippen LogP contribution in [0.4, 0.5) is 5.13 Å². The first-order chi connectivity index (χ1) is 7.79. The molecule has 4 nitrogen and oxygen atoms in total. The minimum atomic E-state index is -0.215. The fourth-order valence-electron chi connectivity index (χ4n) is 1.68. The number of nitrogens with zero attached hydrogens (tertiary/aromatic N) is 1. The van der Waals surface area contributed by atoms with E-state index in [1.807, 2.05) is 5.38 Å². The minimum Gasteiger partial charge on any atom is -0.381 e. The number of hydrogen-bond donors (Lipinski definition) is 1. The fraction of sp³-hybridized carbons (Fsp3) is 0.455. The summed E-state index contributed by atoms with van der Waals surface area (Å²) in [4.78, 5) is 15.5. The lowest BCUT2D eigenvalue weighted by atomic mass is 9.98. The van der Waals surface area contributed by atoms with Gasteiger partial charge in [-0.15, -0.1) is 11.3 Å². The molecule has 1 fully saturated rings. The molecule has 2 heterocycles. The van der Waals surface area contributed by atoms with E-state index in [1.54, 1.807) is 0 Å². The number of amides is 1. The third kappa shape index (κ3) is 2.68. The maximum Gasteiger partial charge on any atom is 0.249 e. The quantitative estimate of drug-likeness (QED) is 0.821. The van der Waals surface area contributed by atoms with E-state index in [4.69, 9.17) is 4.74 Å². The molecule has 0 bridgehead atoms. The van der Waals surface area contributed by atoms with Gasteiger partial charge in [-0.2, -0.15) is 0 Å². The molecule has 0 radical (unpaired) electrons. The molecule has 0 unspecified atom stereocenters. The molecule has 86 valence electrons. The maximum atomic E-state index is 11.1. The third-order valence-corrected chi connectivity index (χ3v) is 3.35. The topological polar surface area (TPSA) is 51.2 Å². The van der Waals surface area contributed by atoms with Gasteiger partial charge >= 0.3 is 0 Å². The normalized spacial score (nSPS) is 17.0. The third-order valence-electron chi connectivity index (χ3n) is 2.58. The number of carbonyl (C=O) groups is 1. The summed E-state index contributed by atoms with van der Waals surface area (Å²) in [5.74, 6) is 0.257. The van der Waals surface area contributed by atoms with Crippen molar-refractivity contribution in [1.29, 1.82) is 0 Å². The SMILES string of the molecule is C=CC(=O)Nc1nc(C2CCOCC2)cs1. The van der Waals surface area contributed by atoms with Gasteiger partial charge in [-0.05, 0) is 18.9 Å². The molecular weight excluding hydrogens is 224 g/mol. The van der Waals surface area contributed by atoms with Gasteiger partial charge in [0.15, 0.2) is 5.13 Å². The minimum absolute atomic E-state index is 0.215. The number of ether oxygens (including phenoxy) is 1. The highest BCUT2D eigenvalue weighted by atomic mass is 32.1. The summed E-state index contributed by atoms with van der Waals surface area (Å²) in [5.41, 5.74) is 1.06. The van der Waals surface area contributed by atoms with Crippen LogP contribution < -0.4 is 5.32 Å². The van der Waals surface area contributed by atoms with Crippen molar-refractivity contribution in [3.8, 4) is 0 Å². The highest BCUT2D eigenvalue weighted by molar-refractivity contribution is 7.14. The maximum absolute atomic E-state index is 11.1. The van der Waals surface area contributed by atoms with Crippen LogP contribution >= 0.6 is 11.3 Å². The van der Waals surface area contributed by atoms with Crippen molar-refractivity contribution in [1.82, 2.24) is 4.98 Å². The first-order valence-corrected chi connectivity index (χ1v) is 6.14. The van der Waals surface area contributed by atoms with Crippen LogP contribution in [0.5, 0.6) is 0 Å². The Morgan fingerprint density at radius 3 is 3.06 bits per heavy atom. The van der Waals surface area contributed by atoms with Gasteiger partial charge in [0.2, 0.25) is 5.91 Å². The largest absolute Gasteiger partial charge is 0.381 e. The number of rotatable bonds is 3. The van der Waals surface area contributed by atoms with Gasteiger partial charge < -0.3 is 4.74 Å². The van der Waals surface area contributed by atoms with Crippen LogP contribution in [0.2, 0.25) is 0 Å². The first kappa shape index (κ1) is 11.3. The molecule has 1 N–H and O–H groups in total. The highest BCUT2D eigenvalue weighted by Crippen LogP contribution is 2.29. The zero-order valence-electron chi connectivity index (χ0n) is 8.94. The van der Waals surface area contributed by atoms with E-state index in [1.165, 1.54) is 17.4 Å². The van der Waals surface area contributed by atoms with Crippen molar-refractivity contribution in [3.63, 3.8) is 0 Å². The number of hydrogen-bond acceptors (Lipinski definition) is 4. The molecule has 1 aromatic heterocycles. The first-order valence-electron chi connectivity index (χ1n) is 5.26. The van der Waals surface area contributed by atoms with E-state index in [0.717, 1.165) is 31.7 Å². The zero-order valence-corrected chi connectivity index (χ0v) is 9.76. The van der Waals surface area contributed by atoms with Crippen LogP contribution in [0, 0.1) is 0 Å². The Labute approximate surface area is 98.3 Å². The van der Waals surface area contributed by atoms with E-state index in [0.29, 0.717) is 11.0 Å². The molecule has 1 aliphatic heterocycles. The summed E-state index contributed by atoms with van der Waals surface area (Å²) in [5, 5.41) is 5.32. The summed E-state index contributed by atoms with van der Waals surface area (Å²) < 4.78 is 5.30. The lowest BCUT2D eigenvalue weighted by Gasteiger charge is -2.19. The average Bonchev–Trinajstić information content (AvgIpc) is 2.78. The molecule has 0 atom stereocenters. The second-order valence-corrected chi connectivity index (χ2v) is 4.52. The van der Waals surface area contributed by atoms with Crippen LogP contribution in [0.25, 0.3) is 0 Å². The van der Waals surface area contributed by atoms with Crippen LogP contribution in [-0.4, -0.2) is 24.1 Å². The Kier molecular flexibility index (Phi) is 3.69. The highest BCUT2D eigenvalue weighted by Gasteiger charge is 2.18. The van der Waals surface area contributed by atoms with Crippen molar-refractivity contribution in [2.45, 2.75) is 18.8 Å². The van der Waals surface area contributed by atoms with Gasteiger partial charge in [0.05, 0.1) is 5.69 Å². The lowest BCUT2D eigenvalue weighted by molar-refractivity contribution is -0.111. The van der Waals surface area contributed by atoms with Crippen LogP contribution in [0.3, 0.4) is 0 Å². The van der Waals surface area contributed by atoms with E-state index in [2.05, 4.69) is 16.9 Å². The predicted octanol–water partition coefficient (Wildman–Crippen LogP) is 2.16. The molecule has 1 amide bonds. The fourth-order valence-corrected chi connectivity index (χ4v) is 2.48. The molecule has 0 spiro atoms. The van der Waals surface area contributed by atoms with E-state index in [-0.39, 0.29) is 5.91 Å². The van der Waals surface area contributed by atoms with Crippen LogP contribution in [0.1, 0.15) is 24.5 Å². The molecule has 5 heteroatoms. The molecular formula is C11H14N2O2S. The molecule has 0 aromatic carbocycles. The Morgan fingerprint density at radius 1 is 1.62 bits per heavy atom. The lowest BCUT2D eigenvalue weighted by Crippen LogP contribution is -2.14. The van der Waals surface area contributed by atoms with E-state index < -0.39 is 0 Å². The predicted molar refractivity (Wildman–Crippen MR) is 63.7 cm³/mol. The molecule has 2 rings (SSSR count). The number of thiazole rings is 1. The number of aromatic nitrogens is 1. The number of anilines is 1. The van der Waals surface area contributed by atoms with Gasteiger partial charge in [0.1, 0.15) is 0 Å². The Morgan fingerprint density at radius 2 is 2.38 bits per heavy atom. The monoisotopic (exact) mass is 238 g/mol. The standard InChI is InChI=1S/C11H14N2O2S/c1-2-10(14)13-11-12-9(7-16-11)8-3-5-15-6-4-8/h2,7-8H,1,3-6H2,(H,12,13,14). The van der Waals surface area contributed by atoms with Crippen molar-refractivity contribution in [2.24, 2.45) is 0 Å². The van der Waals surface area contributed by atoms with Gasteiger partial charge in [-0.3, -0.25) is 10.1 Å². The molecule has 1 aliphatic rings. The van der Waals surface area contributed by atoms with E-state index >= 15 is 0 Å². The van der Waals surface area contributed by atoms with Crippen LogP contribution in [0.15, 0.2) is 18.0 Å². The zero-order chi connectivity index (χ0) is 11.4. The summed E-state index contributed by atoms with van der Waals surface area (Å²) in [6.45, 7) is 5.01. The average molecular weight is 238 g/mol. The smallest absolute Gasteiger partial charge is 0.249 e. The van der Waals surface area contributed by atoms with Gasteiger partial charge in [0.25, 0.3) is 0 Å². The summed E-state index contributed by atoms with van der Waals surface area (Å²) in [7, 11) is 0. The summed E-state index contributed by atoms with van der Waals surface area (Å²) >= 11 is 1.46. The van der Waals surface area contributed by atoms with Gasteiger partial charge in [-0.25, -0.2) is 4.98 Å². The molecule has 16 heavy (non-hydrogen) atoms. The molecule has 0 saturated carbocycles. The Balaban J connectivity index is 2.00. The Bertz CT molecular complexity index is 383. The van der Waals surface area contributed by atoms with Crippen LogP contribution in [-0.2, 0) is 9.53 Å². The van der Waals surface area contributed by atoms with Gasteiger partial charge in [0, 0.05) is 24.5 Å². The number of nitrogens with one attached hydrogen (secondary N) is 1. The molecule has 1 saturated heterocycles. The number of carbonyl (C=O) groups excluding carboxylic acids is 1. The van der Waals surface area contributed by atoms with Crippen molar-refractivity contribution < 1.29 is 9.53 Å². The molecule has 0 aliphatic carbocycles. The Hall–Kier alpha value is -1.20. The second kappa shape index (κ2) is 5.23. The summed E-state index contributed by atoms with van der Waals surface area (Å²) in [6, 6.07) is 0. The van der Waals surface area contributed by atoms with Crippen molar-refractivity contribution in [2.75, 3.05) is 18.5 Å². The molecule has 1 aromatic rings. The van der Waals surface area contributed by atoms with E-state index in [9.17, 15) is 4.79 Å². The summed E-state index contributed by atoms with van der Waals surface area (Å²) in [6.07, 6.45) is 3.27.